The molecule has 1 aliphatic rings. The first-order valence-electron chi connectivity index (χ1n) is 10.5. The summed E-state index contributed by atoms with van der Waals surface area (Å²) in [6.07, 6.45) is 2.24. The maximum atomic E-state index is 13.6. The predicted octanol–water partition coefficient (Wildman–Crippen LogP) is 4.50. The summed E-state index contributed by atoms with van der Waals surface area (Å²) in [4.78, 5) is 28.6. The Bertz CT molecular complexity index is 873. The number of nitrogens with zero attached hydrogens (tertiary/aromatic N) is 1. The molecule has 29 heavy (non-hydrogen) atoms. The van der Waals surface area contributed by atoms with Crippen LogP contribution in [0.4, 0.5) is 0 Å². The lowest BCUT2D eigenvalue weighted by molar-refractivity contribution is -0.132. The Kier molecular flexibility index (Phi) is 6.41. The summed E-state index contributed by atoms with van der Waals surface area (Å²) in [7, 11) is 0. The van der Waals surface area contributed by atoms with E-state index in [1.54, 1.807) is 4.90 Å². The molecule has 1 atom stereocenters. The Labute approximate surface area is 174 Å². The molecule has 0 bridgehead atoms. The molecule has 0 saturated heterocycles. The minimum absolute atomic E-state index is 0.0635. The lowest BCUT2D eigenvalue weighted by Crippen LogP contribution is -2.58. The van der Waals surface area contributed by atoms with Crippen LogP contribution in [0.15, 0.2) is 48.5 Å². The Morgan fingerprint density at radius 3 is 2.52 bits per heavy atom. The number of carbonyl (C=O) groups excluding carboxylic acids is 2. The highest BCUT2D eigenvalue weighted by Crippen LogP contribution is 2.32. The van der Waals surface area contributed by atoms with Gasteiger partial charge >= 0.3 is 0 Å². The van der Waals surface area contributed by atoms with Crippen molar-refractivity contribution in [3.05, 3.63) is 70.8 Å². The molecule has 1 N–H and O–H groups in total. The van der Waals surface area contributed by atoms with E-state index in [4.69, 9.17) is 0 Å². The van der Waals surface area contributed by atoms with Crippen LogP contribution in [0.3, 0.4) is 0 Å². The van der Waals surface area contributed by atoms with Crippen molar-refractivity contribution in [3.63, 3.8) is 0 Å². The lowest BCUT2D eigenvalue weighted by Gasteiger charge is -2.39. The second-order valence-corrected chi connectivity index (χ2v) is 8.75. The summed E-state index contributed by atoms with van der Waals surface area (Å²) in [6, 6.07) is 15.9. The summed E-state index contributed by atoms with van der Waals surface area (Å²) in [5.74, 6) is 0.387. The molecule has 0 aromatic heterocycles. The number of nitrogens with one attached hydrogen (secondary N) is 1. The van der Waals surface area contributed by atoms with E-state index in [9.17, 15) is 9.59 Å². The molecular weight excluding hydrogens is 360 g/mol. The molecule has 4 nitrogen and oxygen atoms in total. The fraction of sp³-hybridized carbons (Fsp3) is 0.440. The average molecular weight is 393 g/mol. The molecule has 4 heteroatoms. The van der Waals surface area contributed by atoms with Gasteiger partial charge in [0.2, 0.25) is 5.91 Å². The summed E-state index contributed by atoms with van der Waals surface area (Å²) in [5, 5.41) is 3.09. The zero-order chi connectivity index (χ0) is 21.0. The average Bonchev–Trinajstić information content (AvgIpc) is 2.80. The minimum atomic E-state index is -0.891. The van der Waals surface area contributed by atoms with Gasteiger partial charge in [-0.05, 0) is 56.2 Å². The predicted molar refractivity (Wildman–Crippen MR) is 117 cm³/mol. The van der Waals surface area contributed by atoms with Crippen LogP contribution in [0.1, 0.15) is 60.7 Å². The highest BCUT2D eigenvalue weighted by atomic mass is 16.2. The molecule has 0 spiro atoms. The van der Waals surface area contributed by atoms with E-state index in [2.05, 4.69) is 19.2 Å². The van der Waals surface area contributed by atoms with Crippen LogP contribution in [0.2, 0.25) is 0 Å². The van der Waals surface area contributed by atoms with Gasteiger partial charge in [-0.25, -0.2) is 0 Å². The third-order valence-electron chi connectivity index (χ3n) is 5.93. The van der Waals surface area contributed by atoms with Gasteiger partial charge < -0.3 is 10.2 Å². The molecular formula is C25H32N2O2. The Morgan fingerprint density at radius 1 is 1.14 bits per heavy atom. The number of hydrogen-bond donors (Lipinski definition) is 1. The second-order valence-electron chi connectivity index (χ2n) is 8.75. The number of carbonyl (C=O) groups is 2. The van der Waals surface area contributed by atoms with Gasteiger partial charge in [0.05, 0.1) is 0 Å². The minimum Gasteiger partial charge on any atom is -0.354 e. The quantitative estimate of drug-likeness (QED) is 0.787. The van der Waals surface area contributed by atoms with Crippen molar-refractivity contribution < 1.29 is 9.59 Å². The van der Waals surface area contributed by atoms with Gasteiger partial charge in [0.15, 0.2) is 0 Å². The summed E-state index contributed by atoms with van der Waals surface area (Å²) in [5.41, 5.74) is 3.04. The molecule has 154 valence electrons. The van der Waals surface area contributed by atoms with Gasteiger partial charge in [-0.1, -0.05) is 61.9 Å². The van der Waals surface area contributed by atoms with Gasteiger partial charge in [-0.2, -0.15) is 0 Å². The Balaban J connectivity index is 1.94. The Morgan fingerprint density at radius 2 is 1.83 bits per heavy atom. The highest BCUT2D eigenvalue weighted by molar-refractivity contribution is 6.00. The third kappa shape index (κ3) is 4.69. The van der Waals surface area contributed by atoms with E-state index in [0.29, 0.717) is 37.4 Å². The lowest BCUT2D eigenvalue weighted by atomic mass is 9.91. The van der Waals surface area contributed by atoms with Crippen LogP contribution >= 0.6 is 0 Å². The first kappa shape index (κ1) is 21.1. The molecule has 2 aromatic carbocycles. The summed E-state index contributed by atoms with van der Waals surface area (Å²) >= 11 is 0. The largest absolute Gasteiger partial charge is 0.354 e. The van der Waals surface area contributed by atoms with E-state index in [1.165, 1.54) is 5.56 Å². The van der Waals surface area contributed by atoms with Crippen LogP contribution in [0.5, 0.6) is 0 Å². The molecule has 0 radical (unpaired) electrons. The Hall–Kier alpha value is -2.62. The summed E-state index contributed by atoms with van der Waals surface area (Å²) < 4.78 is 0. The van der Waals surface area contributed by atoms with Crippen molar-refractivity contribution in [2.24, 2.45) is 5.92 Å². The fourth-order valence-electron chi connectivity index (χ4n) is 3.85. The van der Waals surface area contributed by atoms with Crippen LogP contribution in [0, 0.1) is 12.8 Å². The van der Waals surface area contributed by atoms with E-state index in [1.807, 2.05) is 62.4 Å². The zero-order valence-corrected chi connectivity index (χ0v) is 18.0. The molecule has 3 rings (SSSR count). The van der Waals surface area contributed by atoms with E-state index < -0.39 is 5.54 Å². The molecule has 2 amide bonds. The van der Waals surface area contributed by atoms with Crippen molar-refractivity contribution in [3.8, 4) is 0 Å². The summed E-state index contributed by atoms with van der Waals surface area (Å²) in [6.45, 7) is 9.29. The van der Waals surface area contributed by atoms with Crippen molar-refractivity contribution in [1.82, 2.24) is 10.2 Å². The van der Waals surface area contributed by atoms with Crippen LogP contribution < -0.4 is 5.32 Å². The van der Waals surface area contributed by atoms with Crippen LogP contribution in [-0.4, -0.2) is 28.8 Å². The highest BCUT2D eigenvalue weighted by Gasteiger charge is 2.44. The monoisotopic (exact) mass is 392 g/mol. The molecule has 0 aliphatic carbocycles. The SMILES string of the molecule is Cc1ccc(CN2C(=O)c3ccccc3CC[C@@]2(C)C(=O)NCCC(C)C)cc1. The van der Waals surface area contributed by atoms with Gasteiger partial charge in [0.1, 0.15) is 5.54 Å². The standard InChI is InChI=1S/C25H32N2O2/c1-18(2)14-16-26-24(29)25(4)15-13-21-7-5-6-8-22(21)23(28)27(25)17-20-11-9-19(3)10-12-20/h5-12,18H,13-17H2,1-4H3,(H,26,29)/t25-/m0/s1. The number of amides is 2. The van der Waals surface area contributed by atoms with Crippen LogP contribution in [-0.2, 0) is 17.8 Å². The number of benzene rings is 2. The molecule has 1 heterocycles. The second kappa shape index (κ2) is 8.81. The van der Waals surface area contributed by atoms with Gasteiger partial charge in [-0.15, -0.1) is 0 Å². The van der Waals surface area contributed by atoms with Crippen LogP contribution in [0.25, 0.3) is 0 Å². The third-order valence-corrected chi connectivity index (χ3v) is 5.93. The first-order valence-corrected chi connectivity index (χ1v) is 10.5. The van der Waals surface area contributed by atoms with E-state index >= 15 is 0 Å². The maximum Gasteiger partial charge on any atom is 0.255 e. The fourth-order valence-corrected chi connectivity index (χ4v) is 3.85. The molecule has 0 unspecified atom stereocenters. The maximum absolute atomic E-state index is 13.6. The molecule has 0 saturated carbocycles. The first-order chi connectivity index (χ1) is 13.8. The molecule has 2 aromatic rings. The van der Waals surface area contributed by atoms with E-state index in [-0.39, 0.29) is 11.8 Å². The van der Waals surface area contributed by atoms with Gasteiger partial charge in [0, 0.05) is 18.7 Å². The number of fused-ring (bicyclic) bond motifs is 1. The number of hydrogen-bond acceptors (Lipinski definition) is 2. The van der Waals surface area contributed by atoms with Crippen molar-refractivity contribution in [2.45, 2.75) is 59.0 Å². The zero-order valence-electron chi connectivity index (χ0n) is 18.0. The number of rotatable bonds is 6. The number of aryl methyl sites for hydroxylation is 2. The van der Waals surface area contributed by atoms with Crippen molar-refractivity contribution in [1.29, 1.82) is 0 Å². The van der Waals surface area contributed by atoms with Crippen molar-refractivity contribution in [2.75, 3.05) is 6.54 Å². The topological polar surface area (TPSA) is 49.4 Å². The molecule has 0 fully saturated rings. The van der Waals surface area contributed by atoms with Gasteiger partial charge in [0.25, 0.3) is 5.91 Å². The molecule has 1 aliphatic heterocycles. The smallest absolute Gasteiger partial charge is 0.255 e. The normalized spacial score (nSPS) is 19.1. The van der Waals surface area contributed by atoms with Gasteiger partial charge in [-0.3, -0.25) is 9.59 Å². The van der Waals surface area contributed by atoms with E-state index in [0.717, 1.165) is 17.5 Å². The van der Waals surface area contributed by atoms with Crippen molar-refractivity contribution >= 4 is 11.8 Å².